The second kappa shape index (κ2) is 7.70. The molecule has 1 aromatic heterocycles. The van der Waals surface area contributed by atoms with Gasteiger partial charge in [0.1, 0.15) is 5.69 Å². The molecule has 0 aliphatic heterocycles. The highest BCUT2D eigenvalue weighted by Crippen LogP contribution is 2.36. The van der Waals surface area contributed by atoms with Crippen molar-refractivity contribution in [3.05, 3.63) is 107 Å². The molecule has 1 heterocycles. The summed E-state index contributed by atoms with van der Waals surface area (Å²) in [6.45, 7) is 0. The molecule has 140 valence electrons. The third-order valence-electron chi connectivity index (χ3n) is 4.53. The van der Waals surface area contributed by atoms with Crippen LogP contribution in [0.15, 0.2) is 79.1 Å². The Kier molecular flexibility index (Phi) is 4.94. The molecule has 0 spiro atoms. The summed E-state index contributed by atoms with van der Waals surface area (Å²) in [5.41, 5.74) is 1.46. The van der Waals surface area contributed by atoms with Crippen molar-refractivity contribution in [2.75, 3.05) is 0 Å². The van der Waals surface area contributed by atoms with E-state index in [4.69, 9.17) is 11.6 Å². The van der Waals surface area contributed by atoms with Gasteiger partial charge in [-0.05, 0) is 36.4 Å². The van der Waals surface area contributed by atoms with Crippen molar-refractivity contribution >= 4 is 17.4 Å². The van der Waals surface area contributed by atoms with Crippen LogP contribution in [-0.2, 0) is 0 Å². The molecular weight excluding hydrogens is 389 g/mol. The lowest BCUT2D eigenvalue weighted by molar-refractivity contribution is 0.103. The van der Waals surface area contributed by atoms with Gasteiger partial charge in [-0.1, -0.05) is 41.9 Å². The highest BCUT2D eigenvalue weighted by Gasteiger charge is 2.20. The molecule has 29 heavy (non-hydrogen) atoms. The fourth-order valence-electron chi connectivity index (χ4n) is 3.12. The molecule has 0 bridgehead atoms. The van der Waals surface area contributed by atoms with Gasteiger partial charge in [0, 0.05) is 39.7 Å². The summed E-state index contributed by atoms with van der Waals surface area (Å²) in [6.07, 6.45) is 3.13. The zero-order chi connectivity index (χ0) is 20.4. The van der Waals surface area contributed by atoms with Gasteiger partial charge in [-0.25, -0.2) is 9.07 Å². The van der Waals surface area contributed by atoms with Gasteiger partial charge in [-0.2, -0.15) is 10.4 Å². The monoisotopic (exact) mass is 401 g/mol. The predicted molar refractivity (Wildman–Crippen MR) is 109 cm³/mol. The van der Waals surface area contributed by atoms with E-state index < -0.39 is 5.82 Å². The number of nitriles is 1. The third kappa shape index (κ3) is 3.42. The number of hydrogen-bond donors (Lipinski definition) is 0. The predicted octanol–water partition coefficient (Wildman–Crippen LogP) is 5.43. The average Bonchev–Trinajstić information content (AvgIpc) is 3.29. The summed E-state index contributed by atoms with van der Waals surface area (Å²) in [6, 6.07) is 20.1. The quantitative estimate of drug-likeness (QED) is 0.428. The number of carbonyl (C=O) groups excluding carboxylic acids is 1. The number of benzene rings is 3. The van der Waals surface area contributed by atoms with E-state index >= 15 is 4.39 Å². The topological polar surface area (TPSA) is 58.7 Å². The summed E-state index contributed by atoms with van der Waals surface area (Å²) < 4.78 is 16.8. The van der Waals surface area contributed by atoms with E-state index in [1.54, 1.807) is 42.6 Å². The van der Waals surface area contributed by atoms with E-state index in [1.807, 2.05) is 12.1 Å². The molecule has 0 unspecified atom stereocenters. The molecular formula is C23H13ClFN3O. The fourth-order valence-corrected chi connectivity index (χ4v) is 3.34. The van der Waals surface area contributed by atoms with Crippen LogP contribution in [0.4, 0.5) is 4.39 Å². The van der Waals surface area contributed by atoms with Crippen molar-refractivity contribution in [1.82, 2.24) is 9.78 Å². The van der Waals surface area contributed by atoms with Crippen molar-refractivity contribution in [3.63, 3.8) is 0 Å². The molecule has 4 aromatic rings. The van der Waals surface area contributed by atoms with Crippen LogP contribution in [0.1, 0.15) is 21.5 Å². The normalized spacial score (nSPS) is 10.5. The Balaban J connectivity index is 1.90. The lowest BCUT2D eigenvalue weighted by Crippen LogP contribution is -2.04. The lowest BCUT2D eigenvalue weighted by Gasteiger charge is -2.13. The van der Waals surface area contributed by atoms with Crippen LogP contribution in [0, 0.1) is 17.1 Å². The van der Waals surface area contributed by atoms with Crippen LogP contribution in [-0.4, -0.2) is 15.6 Å². The van der Waals surface area contributed by atoms with Crippen LogP contribution in [0.2, 0.25) is 5.02 Å². The van der Waals surface area contributed by atoms with Crippen LogP contribution in [0.5, 0.6) is 0 Å². The zero-order valence-corrected chi connectivity index (χ0v) is 15.8. The minimum absolute atomic E-state index is 0.0354. The van der Waals surface area contributed by atoms with Gasteiger partial charge in [0.25, 0.3) is 0 Å². The first-order valence-electron chi connectivity index (χ1n) is 8.72. The molecule has 0 fully saturated rings. The standard InChI is InChI=1S/C23H13ClFN3O/c24-19-9-7-16(23(29)15-5-2-1-3-6-15)13-18(19)21-17(14-26)8-10-20(22(21)25)28-12-4-11-27-28/h1-13H. The Hall–Kier alpha value is -3.75. The summed E-state index contributed by atoms with van der Waals surface area (Å²) in [7, 11) is 0. The Morgan fingerprint density at radius 3 is 2.52 bits per heavy atom. The first kappa shape index (κ1) is 18.6. The first-order valence-corrected chi connectivity index (χ1v) is 9.10. The molecule has 0 saturated carbocycles. The highest BCUT2D eigenvalue weighted by molar-refractivity contribution is 6.33. The number of carbonyl (C=O) groups is 1. The van der Waals surface area contributed by atoms with Gasteiger partial charge in [0.15, 0.2) is 11.6 Å². The van der Waals surface area contributed by atoms with E-state index in [0.717, 1.165) is 0 Å². The fraction of sp³-hybridized carbons (Fsp3) is 0. The Morgan fingerprint density at radius 1 is 1.03 bits per heavy atom. The number of aromatic nitrogens is 2. The Morgan fingerprint density at radius 2 is 1.83 bits per heavy atom. The van der Waals surface area contributed by atoms with E-state index in [1.165, 1.54) is 35.1 Å². The molecule has 4 rings (SSSR count). The van der Waals surface area contributed by atoms with Gasteiger partial charge in [0.2, 0.25) is 0 Å². The summed E-state index contributed by atoms with van der Waals surface area (Å²) in [4.78, 5) is 12.8. The van der Waals surface area contributed by atoms with Crippen molar-refractivity contribution in [2.45, 2.75) is 0 Å². The lowest BCUT2D eigenvalue weighted by atomic mass is 9.94. The second-order valence-corrected chi connectivity index (χ2v) is 6.68. The molecule has 0 N–H and O–H groups in total. The van der Waals surface area contributed by atoms with E-state index in [2.05, 4.69) is 5.10 Å². The molecule has 0 atom stereocenters. The van der Waals surface area contributed by atoms with E-state index in [-0.39, 0.29) is 33.2 Å². The Labute approximate surface area is 171 Å². The van der Waals surface area contributed by atoms with Crippen molar-refractivity contribution in [3.8, 4) is 22.9 Å². The molecule has 0 amide bonds. The zero-order valence-electron chi connectivity index (χ0n) is 15.0. The van der Waals surface area contributed by atoms with Gasteiger partial charge in [-0.15, -0.1) is 0 Å². The first-order chi connectivity index (χ1) is 14.1. The molecule has 0 aliphatic rings. The largest absolute Gasteiger partial charge is 0.289 e. The smallest absolute Gasteiger partial charge is 0.193 e. The minimum atomic E-state index is -0.640. The molecule has 0 aliphatic carbocycles. The Bertz CT molecular complexity index is 1250. The van der Waals surface area contributed by atoms with Gasteiger partial charge >= 0.3 is 0 Å². The minimum Gasteiger partial charge on any atom is -0.289 e. The highest BCUT2D eigenvalue weighted by atomic mass is 35.5. The van der Waals surface area contributed by atoms with Crippen molar-refractivity contribution in [2.24, 2.45) is 0 Å². The maximum absolute atomic E-state index is 15.4. The van der Waals surface area contributed by atoms with Crippen LogP contribution in [0.25, 0.3) is 16.8 Å². The molecule has 3 aromatic carbocycles. The summed E-state index contributed by atoms with van der Waals surface area (Å²) >= 11 is 6.35. The molecule has 4 nitrogen and oxygen atoms in total. The number of rotatable bonds is 4. The SMILES string of the molecule is N#Cc1ccc(-n2cccn2)c(F)c1-c1cc(C(=O)c2ccccc2)ccc1Cl. The van der Waals surface area contributed by atoms with Crippen molar-refractivity contribution in [1.29, 1.82) is 5.26 Å². The summed E-state index contributed by atoms with van der Waals surface area (Å²) in [5, 5.41) is 13.8. The average molecular weight is 402 g/mol. The maximum Gasteiger partial charge on any atom is 0.193 e. The number of nitrogens with zero attached hydrogens (tertiary/aromatic N) is 3. The van der Waals surface area contributed by atoms with E-state index in [0.29, 0.717) is 11.1 Å². The van der Waals surface area contributed by atoms with E-state index in [9.17, 15) is 10.1 Å². The molecule has 0 radical (unpaired) electrons. The van der Waals surface area contributed by atoms with Crippen molar-refractivity contribution < 1.29 is 9.18 Å². The third-order valence-corrected chi connectivity index (χ3v) is 4.86. The number of halogens is 2. The maximum atomic E-state index is 15.4. The van der Waals surface area contributed by atoms with Crippen LogP contribution >= 0.6 is 11.6 Å². The van der Waals surface area contributed by atoms with Gasteiger partial charge in [-0.3, -0.25) is 4.79 Å². The van der Waals surface area contributed by atoms with Crippen LogP contribution < -0.4 is 0 Å². The van der Waals surface area contributed by atoms with Gasteiger partial charge < -0.3 is 0 Å². The molecule has 6 heteroatoms. The van der Waals surface area contributed by atoms with Crippen LogP contribution in [0.3, 0.4) is 0 Å². The molecule has 0 saturated heterocycles. The van der Waals surface area contributed by atoms with Gasteiger partial charge in [0.05, 0.1) is 11.6 Å². The number of hydrogen-bond acceptors (Lipinski definition) is 3. The summed E-state index contributed by atoms with van der Waals surface area (Å²) in [5.74, 6) is -0.857. The number of ketones is 1. The second-order valence-electron chi connectivity index (χ2n) is 6.27.